The van der Waals surface area contributed by atoms with Gasteiger partial charge in [0.2, 0.25) is 11.8 Å². The molecule has 0 bridgehead atoms. The molecular formula is C10H14N2O4. The van der Waals surface area contributed by atoms with Crippen molar-refractivity contribution in [3.8, 4) is 0 Å². The van der Waals surface area contributed by atoms with Gasteiger partial charge in [-0.2, -0.15) is 0 Å². The van der Waals surface area contributed by atoms with Gasteiger partial charge in [0.05, 0.1) is 18.4 Å². The number of carboxylic acids is 1. The third-order valence-corrected chi connectivity index (χ3v) is 2.52. The first kappa shape index (κ1) is 12.2. The van der Waals surface area contributed by atoms with Crippen LogP contribution in [0.15, 0.2) is 12.2 Å². The van der Waals surface area contributed by atoms with Crippen LogP contribution < -0.4 is 11.1 Å². The Morgan fingerprint density at radius 3 is 2.31 bits per heavy atom. The number of carbonyl (C=O) groups excluding carboxylic acids is 2. The minimum atomic E-state index is -0.997. The third kappa shape index (κ3) is 3.08. The Bertz CT molecular complexity index is 338. The first-order valence-electron chi connectivity index (χ1n) is 4.96. The van der Waals surface area contributed by atoms with Crippen molar-refractivity contribution in [2.24, 2.45) is 17.6 Å². The van der Waals surface area contributed by atoms with Gasteiger partial charge in [-0.25, -0.2) is 0 Å². The first-order chi connectivity index (χ1) is 7.52. The monoisotopic (exact) mass is 226 g/mol. The van der Waals surface area contributed by atoms with E-state index in [1.165, 1.54) is 0 Å². The lowest BCUT2D eigenvalue weighted by atomic mass is 9.82. The summed E-state index contributed by atoms with van der Waals surface area (Å²) in [6.45, 7) is -0.259. The van der Waals surface area contributed by atoms with Crippen LogP contribution in [0.2, 0.25) is 0 Å². The predicted molar refractivity (Wildman–Crippen MR) is 55.2 cm³/mol. The van der Waals surface area contributed by atoms with Gasteiger partial charge in [0, 0.05) is 0 Å². The van der Waals surface area contributed by atoms with E-state index >= 15 is 0 Å². The van der Waals surface area contributed by atoms with Gasteiger partial charge in [0.25, 0.3) is 0 Å². The second-order valence-electron chi connectivity index (χ2n) is 3.68. The van der Waals surface area contributed by atoms with Crippen molar-refractivity contribution < 1.29 is 19.5 Å². The third-order valence-electron chi connectivity index (χ3n) is 2.52. The van der Waals surface area contributed by atoms with E-state index in [4.69, 9.17) is 10.8 Å². The van der Waals surface area contributed by atoms with E-state index in [1.54, 1.807) is 12.2 Å². The van der Waals surface area contributed by atoms with Gasteiger partial charge in [-0.1, -0.05) is 12.2 Å². The van der Waals surface area contributed by atoms with Gasteiger partial charge < -0.3 is 16.2 Å². The van der Waals surface area contributed by atoms with Crippen molar-refractivity contribution in [2.45, 2.75) is 12.8 Å². The summed E-state index contributed by atoms with van der Waals surface area (Å²) in [6.07, 6.45) is 4.23. The molecule has 1 rings (SSSR count). The highest BCUT2D eigenvalue weighted by Crippen LogP contribution is 2.25. The molecule has 88 valence electrons. The first-order valence-corrected chi connectivity index (χ1v) is 4.96. The topological polar surface area (TPSA) is 109 Å². The SMILES string of the molecule is NC(=O)CNC(=O)[C@@H]1CC=CC[C@@H]1C(=O)O. The maximum absolute atomic E-state index is 11.6. The van der Waals surface area contributed by atoms with Crippen LogP contribution in [0.4, 0.5) is 0 Å². The van der Waals surface area contributed by atoms with Gasteiger partial charge in [-0.3, -0.25) is 14.4 Å². The molecule has 0 fully saturated rings. The maximum Gasteiger partial charge on any atom is 0.307 e. The van der Waals surface area contributed by atoms with Crippen LogP contribution in [0.5, 0.6) is 0 Å². The lowest BCUT2D eigenvalue weighted by Gasteiger charge is -2.23. The van der Waals surface area contributed by atoms with Crippen molar-refractivity contribution >= 4 is 17.8 Å². The number of allylic oxidation sites excluding steroid dienone is 2. The van der Waals surface area contributed by atoms with E-state index in [0.29, 0.717) is 12.8 Å². The van der Waals surface area contributed by atoms with E-state index < -0.39 is 29.6 Å². The minimum absolute atomic E-state index is 0.259. The standard InChI is InChI=1S/C10H14N2O4/c11-8(13)5-12-9(14)6-3-1-2-4-7(6)10(15)16/h1-2,6-7H,3-5H2,(H2,11,13)(H,12,14)(H,15,16)/t6-,7+/m1/s1. The Morgan fingerprint density at radius 2 is 1.81 bits per heavy atom. The fourth-order valence-corrected chi connectivity index (χ4v) is 1.68. The molecule has 2 atom stereocenters. The molecular weight excluding hydrogens is 212 g/mol. The highest BCUT2D eigenvalue weighted by Gasteiger charge is 2.33. The van der Waals surface area contributed by atoms with Gasteiger partial charge in [-0.05, 0) is 12.8 Å². The number of primary amides is 1. The van der Waals surface area contributed by atoms with Crippen LogP contribution in [-0.4, -0.2) is 29.4 Å². The van der Waals surface area contributed by atoms with Gasteiger partial charge >= 0.3 is 5.97 Å². The van der Waals surface area contributed by atoms with Crippen LogP contribution in [0.25, 0.3) is 0 Å². The summed E-state index contributed by atoms with van der Waals surface area (Å²) in [4.78, 5) is 33.0. The molecule has 6 nitrogen and oxygen atoms in total. The molecule has 1 aliphatic carbocycles. The number of nitrogens with two attached hydrogens (primary N) is 1. The zero-order valence-corrected chi connectivity index (χ0v) is 8.68. The van der Waals surface area contributed by atoms with Gasteiger partial charge in [0.1, 0.15) is 0 Å². The molecule has 0 unspecified atom stereocenters. The molecule has 0 aromatic carbocycles. The largest absolute Gasteiger partial charge is 0.481 e. The van der Waals surface area contributed by atoms with Crippen molar-refractivity contribution in [1.82, 2.24) is 5.32 Å². The molecule has 0 aromatic rings. The number of hydrogen-bond acceptors (Lipinski definition) is 3. The molecule has 0 aromatic heterocycles. The summed E-state index contributed by atoms with van der Waals surface area (Å²) < 4.78 is 0. The minimum Gasteiger partial charge on any atom is -0.481 e. The molecule has 16 heavy (non-hydrogen) atoms. The smallest absolute Gasteiger partial charge is 0.307 e. The number of rotatable bonds is 4. The molecule has 0 radical (unpaired) electrons. The Kier molecular flexibility index (Phi) is 4.04. The fraction of sp³-hybridized carbons (Fsp3) is 0.500. The second-order valence-corrected chi connectivity index (χ2v) is 3.68. The predicted octanol–water partition coefficient (Wildman–Crippen LogP) is -0.745. The van der Waals surface area contributed by atoms with Gasteiger partial charge in [-0.15, -0.1) is 0 Å². The average molecular weight is 226 g/mol. The van der Waals surface area contributed by atoms with Crippen molar-refractivity contribution in [1.29, 1.82) is 0 Å². The number of aliphatic carboxylic acids is 1. The van der Waals surface area contributed by atoms with Crippen LogP contribution in [0.1, 0.15) is 12.8 Å². The molecule has 0 saturated carbocycles. The quantitative estimate of drug-likeness (QED) is 0.548. The number of amides is 2. The highest BCUT2D eigenvalue weighted by molar-refractivity contribution is 5.88. The molecule has 0 heterocycles. The summed E-state index contributed by atoms with van der Waals surface area (Å²) >= 11 is 0. The molecule has 1 aliphatic rings. The molecule has 4 N–H and O–H groups in total. The van der Waals surface area contributed by atoms with Crippen molar-refractivity contribution in [3.05, 3.63) is 12.2 Å². The summed E-state index contributed by atoms with van der Waals surface area (Å²) in [5, 5.41) is 11.3. The van der Waals surface area contributed by atoms with Crippen molar-refractivity contribution in [3.63, 3.8) is 0 Å². The van der Waals surface area contributed by atoms with Crippen LogP contribution >= 0.6 is 0 Å². The van der Waals surface area contributed by atoms with E-state index in [0.717, 1.165) is 0 Å². The zero-order valence-electron chi connectivity index (χ0n) is 8.68. The highest BCUT2D eigenvalue weighted by atomic mass is 16.4. The van der Waals surface area contributed by atoms with E-state index in [1.807, 2.05) is 0 Å². The summed E-state index contributed by atoms with van der Waals surface area (Å²) in [5.41, 5.74) is 4.88. The van der Waals surface area contributed by atoms with E-state index in [-0.39, 0.29) is 6.54 Å². The molecule has 0 spiro atoms. The lowest BCUT2D eigenvalue weighted by molar-refractivity contribution is -0.147. The van der Waals surface area contributed by atoms with E-state index in [2.05, 4.69) is 5.32 Å². The lowest BCUT2D eigenvalue weighted by Crippen LogP contribution is -2.42. The van der Waals surface area contributed by atoms with E-state index in [9.17, 15) is 14.4 Å². The molecule has 0 saturated heterocycles. The summed E-state index contributed by atoms with van der Waals surface area (Å²) in [7, 11) is 0. The van der Waals surface area contributed by atoms with Crippen LogP contribution in [0, 0.1) is 11.8 Å². The number of carboxylic acid groups (broad SMARTS) is 1. The van der Waals surface area contributed by atoms with Crippen LogP contribution in [-0.2, 0) is 14.4 Å². The number of hydrogen-bond donors (Lipinski definition) is 3. The Hall–Kier alpha value is -1.85. The Labute approximate surface area is 92.5 Å². The zero-order chi connectivity index (χ0) is 12.1. The molecule has 6 heteroatoms. The number of nitrogens with one attached hydrogen (secondary N) is 1. The normalized spacial score (nSPS) is 23.8. The maximum atomic E-state index is 11.6. The molecule has 0 aliphatic heterocycles. The van der Waals surface area contributed by atoms with Gasteiger partial charge in [0.15, 0.2) is 0 Å². The summed E-state index contributed by atoms with van der Waals surface area (Å²) in [6, 6.07) is 0. The second kappa shape index (κ2) is 5.29. The van der Waals surface area contributed by atoms with Crippen LogP contribution in [0.3, 0.4) is 0 Å². The molecule has 2 amide bonds. The van der Waals surface area contributed by atoms with Crippen molar-refractivity contribution in [2.75, 3.05) is 6.54 Å². The average Bonchev–Trinajstić information content (AvgIpc) is 2.25. The number of carbonyl (C=O) groups is 3. The summed E-state index contributed by atoms with van der Waals surface area (Å²) in [5.74, 6) is -3.43. The Morgan fingerprint density at radius 1 is 1.25 bits per heavy atom. The fourth-order valence-electron chi connectivity index (χ4n) is 1.68. The Balaban J connectivity index is 2.62.